The van der Waals surface area contributed by atoms with Gasteiger partial charge in [-0.05, 0) is 50.3 Å². The predicted molar refractivity (Wildman–Crippen MR) is 99.5 cm³/mol. The summed E-state index contributed by atoms with van der Waals surface area (Å²) in [6, 6.07) is 6.65. The Bertz CT molecular complexity index is 741. The van der Waals surface area contributed by atoms with Crippen molar-refractivity contribution in [2.75, 3.05) is 19.6 Å². The highest BCUT2D eigenvalue weighted by molar-refractivity contribution is 5.74. The van der Waals surface area contributed by atoms with E-state index in [0.29, 0.717) is 19.0 Å². The van der Waals surface area contributed by atoms with Crippen LogP contribution < -0.4 is 5.32 Å². The van der Waals surface area contributed by atoms with Crippen LogP contribution in [0, 0.1) is 18.7 Å². The minimum atomic E-state index is -0.219. The Labute approximate surface area is 154 Å². The molecule has 1 aliphatic rings. The normalized spacial score (nSPS) is 17.3. The minimum Gasteiger partial charge on any atom is -0.338 e. The number of imidazole rings is 1. The smallest absolute Gasteiger partial charge is 0.317 e. The van der Waals surface area contributed by atoms with Crippen LogP contribution in [-0.4, -0.2) is 40.1 Å². The summed E-state index contributed by atoms with van der Waals surface area (Å²) >= 11 is 0. The van der Waals surface area contributed by atoms with Gasteiger partial charge in [-0.15, -0.1) is 0 Å². The summed E-state index contributed by atoms with van der Waals surface area (Å²) in [5.41, 5.74) is 2.15. The molecule has 2 heterocycles. The first kappa shape index (κ1) is 18.4. The Morgan fingerprint density at radius 2 is 2.12 bits per heavy atom. The molecule has 1 aromatic heterocycles. The van der Waals surface area contributed by atoms with Gasteiger partial charge in [0, 0.05) is 44.5 Å². The van der Waals surface area contributed by atoms with E-state index in [1.54, 1.807) is 0 Å². The van der Waals surface area contributed by atoms with E-state index in [-0.39, 0.29) is 11.8 Å². The summed E-state index contributed by atoms with van der Waals surface area (Å²) in [4.78, 5) is 18.6. The van der Waals surface area contributed by atoms with Crippen LogP contribution in [0.15, 0.2) is 30.5 Å². The van der Waals surface area contributed by atoms with E-state index in [1.807, 2.05) is 37.1 Å². The first-order chi connectivity index (χ1) is 12.6. The highest BCUT2D eigenvalue weighted by atomic mass is 19.1. The fourth-order valence-electron chi connectivity index (χ4n) is 3.60. The average molecular weight is 358 g/mol. The monoisotopic (exact) mass is 358 g/mol. The molecule has 2 amide bonds. The van der Waals surface area contributed by atoms with Crippen LogP contribution in [0.2, 0.25) is 0 Å². The van der Waals surface area contributed by atoms with Crippen molar-refractivity contribution in [2.45, 2.75) is 39.7 Å². The molecule has 1 unspecified atom stereocenters. The molecule has 140 valence electrons. The molecule has 0 bridgehead atoms. The van der Waals surface area contributed by atoms with Gasteiger partial charge in [0.05, 0.1) is 0 Å². The Morgan fingerprint density at radius 3 is 2.85 bits per heavy atom. The van der Waals surface area contributed by atoms with E-state index in [4.69, 9.17) is 0 Å². The molecule has 0 radical (unpaired) electrons. The summed E-state index contributed by atoms with van der Waals surface area (Å²) in [7, 11) is 0. The van der Waals surface area contributed by atoms with E-state index < -0.39 is 0 Å². The number of halogens is 1. The third kappa shape index (κ3) is 4.42. The molecule has 0 aliphatic carbocycles. The largest absolute Gasteiger partial charge is 0.338 e. The van der Waals surface area contributed by atoms with Crippen LogP contribution in [0.5, 0.6) is 0 Å². The van der Waals surface area contributed by atoms with Gasteiger partial charge in [0.15, 0.2) is 0 Å². The number of carbonyl (C=O) groups excluding carboxylic acids is 1. The van der Waals surface area contributed by atoms with Crippen LogP contribution >= 0.6 is 0 Å². The Balaban J connectivity index is 1.68. The predicted octanol–water partition coefficient (Wildman–Crippen LogP) is 3.36. The number of nitrogens with one attached hydrogen (secondary N) is 1. The minimum absolute atomic E-state index is 0.0306. The highest BCUT2D eigenvalue weighted by Gasteiger charge is 2.25. The summed E-state index contributed by atoms with van der Waals surface area (Å²) in [6.07, 6.45) is 4.88. The van der Waals surface area contributed by atoms with Gasteiger partial charge in [0.2, 0.25) is 0 Å². The van der Waals surface area contributed by atoms with Gasteiger partial charge >= 0.3 is 6.03 Å². The van der Waals surface area contributed by atoms with E-state index in [9.17, 15) is 9.18 Å². The molecule has 5 nitrogen and oxygen atoms in total. The lowest BCUT2D eigenvalue weighted by Gasteiger charge is -2.32. The number of aryl methyl sites for hydroxylation is 1. The number of amides is 2. The third-order valence-corrected chi connectivity index (χ3v) is 5.00. The van der Waals surface area contributed by atoms with Crippen molar-refractivity contribution in [1.82, 2.24) is 19.8 Å². The van der Waals surface area contributed by atoms with Gasteiger partial charge in [-0.2, -0.15) is 0 Å². The van der Waals surface area contributed by atoms with Gasteiger partial charge in [0.25, 0.3) is 0 Å². The number of piperidine rings is 1. The fourth-order valence-corrected chi connectivity index (χ4v) is 3.60. The standard InChI is InChI=1S/C20H27FN4O/c1-3-22-20(26)24-10-4-5-17(13-24)11-19-23-12-15(2)25(19)14-16-6-8-18(21)9-7-16/h6-9,12,17H,3-5,10-11,13-14H2,1-2H3,(H,22,26). The number of benzene rings is 1. The molecular weight excluding hydrogens is 331 g/mol. The van der Waals surface area contributed by atoms with E-state index in [0.717, 1.165) is 49.4 Å². The van der Waals surface area contributed by atoms with Gasteiger partial charge in [0.1, 0.15) is 11.6 Å². The zero-order valence-corrected chi connectivity index (χ0v) is 15.5. The van der Waals surface area contributed by atoms with Crippen molar-refractivity contribution in [3.8, 4) is 0 Å². The Morgan fingerprint density at radius 1 is 1.35 bits per heavy atom. The molecule has 0 spiro atoms. The van der Waals surface area contributed by atoms with Crippen LogP contribution in [-0.2, 0) is 13.0 Å². The number of aromatic nitrogens is 2. The summed E-state index contributed by atoms with van der Waals surface area (Å²) < 4.78 is 15.3. The maximum Gasteiger partial charge on any atom is 0.317 e. The fraction of sp³-hybridized carbons (Fsp3) is 0.500. The van der Waals surface area contributed by atoms with Gasteiger partial charge in [-0.1, -0.05) is 12.1 Å². The van der Waals surface area contributed by atoms with Crippen LogP contribution in [0.4, 0.5) is 9.18 Å². The molecule has 1 fully saturated rings. The van der Waals surface area contributed by atoms with E-state index in [2.05, 4.69) is 14.9 Å². The van der Waals surface area contributed by atoms with Crippen LogP contribution in [0.1, 0.15) is 36.8 Å². The van der Waals surface area contributed by atoms with Crippen molar-refractivity contribution in [3.05, 3.63) is 53.4 Å². The molecule has 1 aromatic carbocycles. The molecule has 0 saturated carbocycles. The lowest BCUT2D eigenvalue weighted by Crippen LogP contribution is -2.45. The van der Waals surface area contributed by atoms with Gasteiger partial charge in [-0.3, -0.25) is 0 Å². The number of carbonyl (C=O) groups is 1. The second kappa shape index (κ2) is 8.34. The van der Waals surface area contributed by atoms with Gasteiger partial charge < -0.3 is 14.8 Å². The van der Waals surface area contributed by atoms with Crippen LogP contribution in [0.3, 0.4) is 0 Å². The Hall–Kier alpha value is -2.37. The SMILES string of the molecule is CCNC(=O)N1CCCC(Cc2ncc(C)n2Cc2ccc(F)cc2)C1. The lowest BCUT2D eigenvalue weighted by molar-refractivity contribution is 0.165. The van der Waals surface area contributed by atoms with Gasteiger partial charge in [-0.25, -0.2) is 14.2 Å². The molecule has 6 heteroatoms. The number of nitrogens with zero attached hydrogens (tertiary/aromatic N) is 3. The third-order valence-electron chi connectivity index (χ3n) is 5.00. The quantitative estimate of drug-likeness (QED) is 0.891. The lowest BCUT2D eigenvalue weighted by atomic mass is 9.94. The molecule has 1 atom stereocenters. The molecule has 1 saturated heterocycles. The molecular formula is C20H27FN4O. The Kier molecular flexibility index (Phi) is 5.91. The van der Waals surface area contributed by atoms with Crippen molar-refractivity contribution in [3.63, 3.8) is 0 Å². The van der Waals surface area contributed by atoms with E-state index in [1.165, 1.54) is 12.1 Å². The topological polar surface area (TPSA) is 50.2 Å². The van der Waals surface area contributed by atoms with Crippen molar-refractivity contribution in [1.29, 1.82) is 0 Å². The zero-order valence-electron chi connectivity index (χ0n) is 15.5. The number of hydrogen-bond donors (Lipinski definition) is 1. The highest BCUT2D eigenvalue weighted by Crippen LogP contribution is 2.22. The number of hydrogen-bond acceptors (Lipinski definition) is 2. The van der Waals surface area contributed by atoms with E-state index >= 15 is 0 Å². The molecule has 3 rings (SSSR count). The molecule has 1 aliphatic heterocycles. The maximum absolute atomic E-state index is 13.1. The molecule has 1 N–H and O–H groups in total. The summed E-state index contributed by atoms with van der Waals surface area (Å²) in [6.45, 7) is 6.92. The first-order valence-corrected chi connectivity index (χ1v) is 9.35. The molecule has 26 heavy (non-hydrogen) atoms. The second-order valence-corrected chi connectivity index (χ2v) is 7.02. The number of rotatable bonds is 5. The van der Waals surface area contributed by atoms with Crippen molar-refractivity contribution < 1.29 is 9.18 Å². The van der Waals surface area contributed by atoms with Crippen LogP contribution in [0.25, 0.3) is 0 Å². The second-order valence-electron chi connectivity index (χ2n) is 7.02. The zero-order chi connectivity index (χ0) is 18.5. The number of urea groups is 1. The summed E-state index contributed by atoms with van der Waals surface area (Å²) in [5.74, 6) is 1.23. The van der Waals surface area contributed by atoms with Crippen molar-refractivity contribution >= 4 is 6.03 Å². The first-order valence-electron chi connectivity index (χ1n) is 9.35. The average Bonchev–Trinajstić information content (AvgIpc) is 2.97. The number of likely N-dealkylation sites (tertiary alicyclic amines) is 1. The van der Waals surface area contributed by atoms with Crippen molar-refractivity contribution in [2.24, 2.45) is 5.92 Å². The summed E-state index contributed by atoms with van der Waals surface area (Å²) in [5, 5.41) is 2.89. The maximum atomic E-state index is 13.1. The molecule has 2 aromatic rings.